The number of anilines is 1. The van der Waals surface area contributed by atoms with Crippen molar-refractivity contribution < 1.29 is 13.9 Å². The zero-order valence-electron chi connectivity index (χ0n) is 18.5. The van der Waals surface area contributed by atoms with Crippen LogP contribution < -0.4 is 9.64 Å². The van der Waals surface area contributed by atoms with Crippen molar-refractivity contribution in [2.24, 2.45) is 0 Å². The number of ether oxygens (including phenoxy) is 1. The van der Waals surface area contributed by atoms with Crippen LogP contribution in [0, 0.1) is 12.7 Å². The summed E-state index contributed by atoms with van der Waals surface area (Å²) in [5.41, 5.74) is 3.68. The summed E-state index contributed by atoms with van der Waals surface area (Å²) in [5, 5.41) is 0. The molecule has 0 radical (unpaired) electrons. The number of amides is 1. The van der Waals surface area contributed by atoms with Gasteiger partial charge in [0.2, 0.25) is 5.95 Å². The molecule has 3 heterocycles. The molecule has 0 bridgehead atoms. The van der Waals surface area contributed by atoms with E-state index in [1.807, 2.05) is 38.2 Å². The fourth-order valence-electron chi connectivity index (χ4n) is 3.97. The summed E-state index contributed by atoms with van der Waals surface area (Å²) >= 11 is 0. The van der Waals surface area contributed by atoms with Crippen LogP contribution in [0.4, 0.5) is 10.3 Å². The van der Waals surface area contributed by atoms with Crippen LogP contribution in [0.3, 0.4) is 0 Å². The lowest BCUT2D eigenvalue weighted by molar-refractivity contribution is -0.134. The molecule has 0 spiro atoms. The Morgan fingerprint density at radius 3 is 2.78 bits per heavy atom. The van der Waals surface area contributed by atoms with Crippen LogP contribution in [0.2, 0.25) is 0 Å². The topological polar surface area (TPSA) is 71.5 Å². The SMILES string of the molecule is Cc1cnccc1-c1cnc(N(C)C)nc1C1CCCN1C(=O)COc1ccccc1F. The summed E-state index contributed by atoms with van der Waals surface area (Å²) in [6, 6.07) is 7.81. The third-order valence-electron chi connectivity index (χ3n) is 5.59. The first kappa shape index (κ1) is 21.7. The van der Waals surface area contributed by atoms with Gasteiger partial charge in [0.05, 0.1) is 11.7 Å². The largest absolute Gasteiger partial charge is 0.481 e. The predicted octanol–water partition coefficient (Wildman–Crippen LogP) is 3.79. The number of carbonyl (C=O) groups excluding carboxylic acids is 1. The molecule has 1 amide bonds. The minimum Gasteiger partial charge on any atom is -0.481 e. The number of aryl methyl sites for hydroxylation is 1. The Morgan fingerprint density at radius 1 is 1.22 bits per heavy atom. The van der Waals surface area contributed by atoms with Gasteiger partial charge >= 0.3 is 0 Å². The minimum atomic E-state index is -0.486. The average Bonchev–Trinajstić information content (AvgIpc) is 3.28. The maximum absolute atomic E-state index is 13.9. The van der Waals surface area contributed by atoms with Gasteiger partial charge in [-0.15, -0.1) is 0 Å². The molecule has 2 aromatic heterocycles. The molecular weight excluding hydrogens is 409 g/mol. The molecule has 0 saturated carbocycles. The molecule has 0 N–H and O–H groups in total. The van der Waals surface area contributed by atoms with E-state index in [1.54, 1.807) is 29.4 Å². The molecule has 0 aliphatic carbocycles. The molecule has 7 nitrogen and oxygen atoms in total. The Labute approximate surface area is 186 Å². The molecule has 8 heteroatoms. The lowest BCUT2D eigenvalue weighted by Crippen LogP contribution is -2.35. The second-order valence-electron chi connectivity index (χ2n) is 8.02. The Bertz CT molecular complexity index is 1120. The van der Waals surface area contributed by atoms with Crippen LogP contribution in [0.1, 0.15) is 30.1 Å². The first-order valence-electron chi connectivity index (χ1n) is 10.6. The second-order valence-corrected chi connectivity index (χ2v) is 8.02. The molecule has 1 aromatic carbocycles. The number of benzene rings is 1. The highest BCUT2D eigenvalue weighted by atomic mass is 19.1. The standard InChI is InChI=1S/C24H26FN5O2/c1-16-13-26-11-10-17(16)18-14-27-24(29(2)3)28-23(18)20-8-6-12-30(20)22(31)15-32-21-9-5-4-7-19(21)25/h4-5,7,9-11,13-14,20H,6,8,12,15H2,1-3H3. The maximum atomic E-state index is 13.9. The van der Waals surface area contributed by atoms with Gasteiger partial charge in [-0.3, -0.25) is 9.78 Å². The highest BCUT2D eigenvalue weighted by Gasteiger charge is 2.33. The fraction of sp³-hybridized carbons (Fsp3) is 0.333. The molecule has 1 aliphatic rings. The Balaban J connectivity index is 1.65. The van der Waals surface area contributed by atoms with Crippen LogP contribution in [0.5, 0.6) is 5.75 Å². The zero-order valence-corrected chi connectivity index (χ0v) is 18.5. The first-order chi connectivity index (χ1) is 15.5. The van der Waals surface area contributed by atoms with E-state index in [0.29, 0.717) is 12.5 Å². The van der Waals surface area contributed by atoms with E-state index < -0.39 is 5.82 Å². The predicted molar refractivity (Wildman–Crippen MR) is 120 cm³/mol. The van der Waals surface area contributed by atoms with Gasteiger partial charge in [-0.1, -0.05) is 12.1 Å². The van der Waals surface area contributed by atoms with Gasteiger partial charge < -0.3 is 14.5 Å². The van der Waals surface area contributed by atoms with E-state index in [2.05, 4.69) is 9.97 Å². The summed E-state index contributed by atoms with van der Waals surface area (Å²) in [7, 11) is 3.77. The van der Waals surface area contributed by atoms with E-state index in [-0.39, 0.29) is 24.3 Å². The van der Waals surface area contributed by atoms with Gasteiger partial charge in [0.25, 0.3) is 5.91 Å². The highest BCUT2D eigenvalue weighted by molar-refractivity contribution is 5.79. The number of para-hydroxylation sites is 1. The van der Waals surface area contributed by atoms with Crippen molar-refractivity contribution in [1.82, 2.24) is 19.9 Å². The van der Waals surface area contributed by atoms with Crippen LogP contribution in [0.15, 0.2) is 48.9 Å². The summed E-state index contributed by atoms with van der Waals surface area (Å²) < 4.78 is 19.4. The molecule has 3 aromatic rings. The molecule has 1 saturated heterocycles. The average molecular weight is 436 g/mol. The summed E-state index contributed by atoms with van der Waals surface area (Å²) in [6.45, 7) is 2.36. The Morgan fingerprint density at radius 2 is 2.03 bits per heavy atom. The number of hydrogen-bond donors (Lipinski definition) is 0. The third-order valence-corrected chi connectivity index (χ3v) is 5.59. The van der Waals surface area contributed by atoms with E-state index >= 15 is 0 Å². The van der Waals surface area contributed by atoms with Crippen molar-refractivity contribution in [1.29, 1.82) is 0 Å². The van der Waals surface area contributed by atoms with Gasteiger partial charge in [-0.25, -0.2) is 14.4 Å². The summed E-state index contributed by atoms with van der Waals surface area (Å²) in [4.78, 5) is 30.2. The van der Waals surface area contributed by atoms with Crippen molar-refractivity contribution >= 4 is 11.9 Å². The Kier molecular flexibility index (Phi) is 6.30. The maximum Gasteiger partial charge on any atom is 0.261 e. The smallest absolute Gasteiger partial charge is 0.261 e. The molecule has 1 unspecified atom stereocenters. The van der Waals surface area contributed by atoms with E-state index in [0.717, 1.165) is 35.2 Å². The van der Waals surface area contributed by atoms with Crippen molar-refractivity contribution in [2.45, 2.75) is 25.8 Å². The first-order valence-corrected chi connectivity index (χ1v) is 10.6. The number of likely N-dealkylation sites (tertiary alicyclic amines) is 1. The number of rotatable bonds is 6. The van der Waals surface area contributed by atoms with Crippen molar-refractivity contribution in [3.8, 4) is 16.9 Å². The van der Waals surface area contributed by atoms with Crippen LogP contribution in [0.25, 0.3) is 11.1 Å². The number of nitrogens with zero attached hydrogens (tertiary/aromatic N) is 5. The number of aromatic nitrogens is 3. The second kappa shape index (κ2) is 9.30. The minimum absolute atomic E-state index is 0.0710. The van der Waals surface area contributed by atoms with Crippen molar-refractivity contribution in [2.75, 3.05) is 32.1 Å². The zero-order chi connectivity index (χ0) is 22.7. The van der Waals surface area contributed by atoms with Gasteiger partial charge in [0, 0.05) is 44.8 Å². The molecule has 166 valence electrons. The molecule has 1 atom stereocenters. The van der Waals surface area contributed by atoms with Gasteiger partial charge in [-0.05, 0) is 49.1 Å². The van der Waals surface area contributed by atoms with Crippen molar-refractivity contribution in [3.63, 3.8) is 0 Å². The van der Waals surface area contributed by atoms with Crippen LogP contribution in [-0.2, 0) is 4.79 Å². The fourth-order valence-corrected chi connectivity index (χ4v) is 3.97. The summed E-state index contributed by atoms with van der Waals surface area (Å²) in [6.07, 6.45) is 7.00. The number of hydrogen-bond acceptors (Lipinski definition) is 6. The molecular formula is C24H26FN5O2. The number of pyridine rings is 1. The molecule has 4 rings (SSSR count). The van der Waals surface area contributed by atoms with E-state index in [9.17, 15) is 9.18 Å². The summed E-state index contributed by atoms with van der Waals surface area (Å²) in [5.74, 6) is -0.0303. The van der Waals surface area contributed by atoms with E-state index in [4.69, 9.17) is 9.72 Å². The van der Waals surface area contributed by atoms with Crippen molar-refractivity contribution in [3.05, 3.63) is 66.0 Å². The molecule has 32 heavy (non-hydrogen) atoms. The normalized spacial score (nSPS) is 15.6. The van der Waals surface area contributed by atoms with E-state index in [1.165, 1.54) is 12.1 Å². The van der Waals surface area contributed by atoms with Gasteiger partial charge in [0.15, 0.2) is 18.2 Å². The third kappa shape index (κ3) is 4.39. The van der Waals surface area contributed by atoms with Crippen LogP contribution >= 0.6 is 0 Å². The lowest BCUT2D eigenvalue weighted by Gasteiger charge is -2.27. The number of halogens is 1. The monoisotopic (exact) mass is 435 g/mol. The molecule has 1 aliphatic heterocycles. The van der Waals surface area contributed by atoms with Gasteiger partial charge in [-0.2, -0.15) is 0 Å². The van der Waals surface area contributed by atoms with Crippen LogP contribution in [-0.4, -0.2) is 53.0 Å². The quantitative estimate of drug-likeness (QED) is 0.587. The van der Waals surface area contributed by atoms with Gasteiger partial charge in [0.1, 0.15) is 0 Å². The lowest BCUT2D eigenvalue weighted by atomic mass is 9.98. The Hall–Kier alpha value is -3.55. The highest BCUT2D eigenvalue weighted by Crippen LogP contribution is 2.38. The molecule has 1 fully saturated rings. The number of carbonyl (C=O) groups is 1.